The van der Waals surface area contributed by atoms with Gasteiger partial charge in [0.15, 0.2) is 16.4 Å². The van der Waals surface area contributed by atoms with Gasteiger partial charge < -0.3 is 15.4 Å². The number of anilines is 1. The highest BCUT2D eigenvalue weighted by atomic mass is 32.2. The fraction of sp³-hybridized carbons (Fsp3) is 0.346. The summed E-state index contributed by atoms with van der Waals surface area (Å²) in [5.74, 6) is -2.81. The van der Waals surface area contributed by atoms with Crippen LogP contribution in [0.15, 0.2) is 42.5 Å². The molecule has 2 amide bonds. The minimum absolute atomic E-state index is 0.00778. The molecule has 9 nitrogen and oxygen atoms in total. The summed E-state index contributed by atoms with van der Waals surface area (Å²) in [6.07, 6.45) is -7.47. The van der Waals surface area contributed by atoms with E-state index in [0.717, 1.165) is 35.2 Å². The number of rotatable bonds is 6. The fourth-order valence-corrected chi connectivity index (χ4v) is 5.78. The van der Waals surface area contributed by atoms with Crippen LogP contribution >= 0.6 is 0 Å². The Balaban J connectivity index is 1.53. The zero-order valence-corrected chi connectivity index (χ0v) is 22.5. The molecule has 1 atom stereocenters. The van der Waals surface area contributed by atoms with E-state index in [-0.39, 0.29) is 34.9 Å². The van der Waals surface area contributed by atoms with E-state index in [1.165, 1.54) is 12.1 Å². The molecule has 42 heavy (non-hydrogen) atoms. The number of hydrogen-bond donors (Lipinski definition) is 2. The summed E-state index contributed by atoms with van der Waals surface area (Å²) >= 11 is 0. The number of aromatic nitrogens is 2. The first-order valence-corrected chi connectivity index (χ1v) is 14.4. The molecule has 3 aromatic rings. The number of carbonyl (C=O) groups excluding carboxylic acids is 2. The fourth-order valence-electron chi connectivity index (χ4n) is 5.23. The van der Waals surface area contributed by atoms with Crippen molar-refractivity contribution in [3.8, 4) is 11.4 Å². The van der Waals surface area contributed by atoms with Crippen LogP contribution < -0.4 is 15.4 Å². The van der Waals surface area contributed by atoms with Crippen molar-refractivity contribution >= 4 is 27.5 Å². The molecule has 224 valence electrons. The molecule has 2 N–H and O–H groups in total. The summed E-state index contributed by atoms with van der Waals surface area (Å²) in [5.41, 5.74) is -0.514. The van der Waals surface area contributed by atoms with Gasteiger partial charge in [0.05, 0.1) is 22.5 Å². The van der Waals surface area contributed by atoms with Gasteiger partial charge in [0.25, 0.3) is 5.91 Å². The first-order valence-electron chi connectivity index (χ1n) is 12.4. The van der Waals surface area contributed by atoms with E-state index < -0.39 is 57.5 Å². The lowest BCUT2D eigenvalue weighted by Gasteiger charge is -2.35. The monoisotopic (exact) mass is 616 g/mol. The Morgan fingerprint density at radius 1 is 1.12 bits per heavy atom. The smallest absolute Gasteiger partial charge is 0.422 e. The third kappa shape index (κ3) is 5.93. The van der Waals surface area contributed by atoms with Gasteiger partial charge in [-0.05, 0) is 60.4 Å². The molecule has 0 fully saturated rings. The molecule has 2 aliphatic rings. The number of sulfone groups is 1. The van der Waals surface area contributed by atoms with E-state index in [2.05, 4.69) is 15.7 Å². The van der Waals surface area contributed by atoms with Crippen LogP contribution in [0, 0.1) is 0 Å². The summed E-state index contributed by atoms with van der Waals surface area (Å²) in [4.78, 5) is 26.1. The molecule has 1 aromatic heterocycles. The number of aryl methyl sites for hydroxylation is 1. The van der Waals surface area contributed by atoms with Gasteiger partial charge in [-0.25, -0.2) is 13.1 Å². The molecule has 2 heterocycles. The highest BCUT2D eigenvalue weighted by Crippen LogP contribution is 2.45. The predicted molar refractivity (Wildman–Crippen MR) is 136 cm³/mol. The summed E-state index contributed by atoms with van der Waals surface area (Å²) < 4.78 is 106. The lowest BCUT2D eigenvalue weighted by atomic mass is 9.82. The highest BCUT2D eigenvalue weighted by Gasteiger charge is 2.47. The van der Waals surface area contributed by atoms with Gasteiger partial charge in [0.1, 0.15) is 22.9 Å². The van der Waals surface area contributed by atoms with E-state index in [1.807, 2.05) is 0 Å². The van der Waals surface area contributed by atoms with Gasteiger partial charge in [-0.15, -0.1) is 0 Å². The maximum atomic E-state index is 13.5. The Kier molecular flexibility index (Phi) is 7.02. The minimum atomic E-state index is -4.62. The molecule has 16 heteroatoms. The van der Waals surface area contributed by atoms with Gasteiger partial charge in [-0.2, -0.15) is 31.4 Å². The molecule has 1 spiro atoms. The van der Waals surface area contributed by atoms with Gasteiger partial charge in [-0.3, -0.25) is 9.59 Å². The summed E-state index contributed by atoms with van der Waals surface area (Å²) in [7, 11) is -3.77. The summed E-state index contributed by atoms with van der Waals surface area (Å²) in [6.45, 7) is -1.47. The zero-order valence-electron chi connectivity index (χ0n) is 21.7. The average Bonchev–Trinajstić information content (AvgIpc) is 3.39. The molecule has 0 bridgehead atoms. The van der Waals surface area contributed by atoms with Crippen molar-refractivity contribution in [2.75, 3.05) is 23.9 Å². The average molecular weight is 617 g/mol. The number of fused-ring (bicyclic) bond motifs is 3. The van der Waals surface area contributed by atoms with Crippen LogP contribution in [0.5, 0.6) is 5.75 Å². The topological polar surface area (TPSA) is 119 Å². The van der Waals surface area contributed by atoms with Crippen molar-refractivity contribution in [3.63, 3.8) is 0 Å². The Hall–Kier alpha value is -4.08. The number of nitrogens with zero attached hydrogens (tertiary/aromatic N) is 2. The molecule has 0 saturated heterocycles. The second-order valence-electron chi connectivity index (χ2n) is 10.2. The first-order chi connectivity index (χ1) is 19.4. The van der Waals surface area contributed by atoms with Gasteiger partial charge in [0, 0.05) is 12.7 Å². The van der Waals surface area contributed by atoms with Crippen LogP contribution in [0.2, 0.25) is 0 Å². The highest BCUT2D eigenvalue weighted by molar-refractivity contribution is 7.91. The molecule has 5 rings (SSSR count). The van der Waals surface area contributed by atoms with Crippen LogP contribution in [0.25, 0.3) is 5.69 Å². The molecular weight excluding hydrogens is 594 g/mol. The maximum absolute atomic E-state index is 13.5. The zero-order chi connectivity index (χ0) is 30.7. The second-order valence-corrected chi connectivity index (χ2v) is 12.3. The third-order valence-corrected chi connectivity index (χ3v) is 7.70. The quantitative estimate of drug-likeness (QED) is 0.405. The van der Waals surface area contributed by atoms with Gasteiger partial charge >= 0.3 is 12.4 Å². The third-order valence-electron chi connectivity index (χ3n) is 6.91. The molecule has 0 radical (unpaired) electrons. The van der Waals surface area contributed by atoms with Crippen molar-refractivity contribution in [3.05, 3.63) is 70.4 Å². The van der Waals surface area contributed by atoms with Gasteiger partial charge in [-0.1, -0.05) is 6.07 Å². The normalized spacial score (nSPS) is 18.4. The molecular formula is C26H22F6N4O5S. The Morgan fingerprint density at radius 2 is 1.81 bits per heavy atom. The van der Waals surface area contributed by atoms with E-state index in [1.54, 1.807) is 6.07 Å². The molecule has 2 aromatic carbocycles. The number of amides is 2. The Labute approximate surface area is 234 Å². The lowest BCUT2D eigenvalue weighted by Crippen LogP contribution is -2.49. The van der Waals surface area contributed by atoms with E-state index in [0.29, 0.717) is 24.0 Å². The summed E-state index contributed by atoms with van der Waals surface area (Å²) in [5, 5.41) is 9.72. The van der Waals surface area contributed by atoms with Crippen LogP contribution in [-0.2, 0) is 39.2 Å². The van der Waals surface area contributed by atoms with Crippen LogP contribution in [0.3, 0.4) is 0 Å². The second kappa shape index (κ2) is 10.0. The van der Waals surface area contributed by atoms with Crippen molar-refractivity contribution in [1.82, 2.24) is 15.1 Å². The van der Waals surface area contributed by atoms with Crippen molar-refractivity contribution < 1.29 is 49.1 Å². The SMILES string of the molecule is CS(=O)(=O)CC(=O)Nc1c2c(nn1-c1ccc(C(F)(F)F)cc1)C[C@]1(CCc3cc(OCC(F)(F)F)ccc31)NC2=O. The van der Waals surface area contributed by atoms with E-state index >= 15 is 0 Å². The molecule has 0 saturated carbocycles. The first kappa shape index (κ1) is 29.4. The largest absolute Gasteiger partial charge is 0.484 e. The van der Waals surface area contributed by atoms with Gasteiger partial charge in [0.2, 0.25) is 5.91 Å². The lowest BCUT2D eigenvalue weighted by molar-refractivity contribution is -0.153. The number of alkyl halides is 6. The van der Waals surface area contributed by atoms with E-state index in [4.69, 9.17) is 4.74 Å². The van der Waals surface area contributed by atoms with Crippen molar-refractivity contribution in [2.24, 2.45) is 0 Å². The number of benzene rings is 2. The predicted octanol–water partition coefficient (Wildman–Crippen LogP) is 3.94. The molecule has 0 unspecified atom stereocenters. The van der Waals surface area contributed by atoms with Crippen molar-refractivity contribution in [2.45, 2.75) is 37.2 Å². The Bertz CT molecular complexity index is 1680. The molecule has 1 aliphatic heterocycles. The standard InChI is InChI=1S/C26H22F6N4O5S/c1-42(39,40)12-20(37)33-22-21-19(35-36(22)16-4-2-15(3-5-16)26(30,31)32)11-24(34-23(21)38)9-8-14-10-17(6-7-18(14)24)41-13-25(27,28)29/h2-7,10H,8-9,11-13H2,1H3,(H,33,37)(H,34,38)/t24-/m0/s1. The van der Waals surface area contributed by atoms with Crippen LogP contribution in [0.4, 0.5) is 32.2 Å². The van der Waals surface area contributed by atoms with E-state index in [9.17, 15) is 44.3 Å². The summed E-state index contributed by atoms with van der Waals surface area (Å²) in [6, 6.07) is 8.16. The number of hydrogen-bond acceptors (Lipinski definition) is 6. The Morgan fingerprint density at radius 3 is 2.43 bits per heavy atom. The van der Waals surface area contributed by atoms with Crippen molar-refractivity contribution in [1.29, 1.82) is 0 Å². The maximum Gasteiger partial charge on any atom is 0.422 e. The van der Waals surface area contributed by atoms with Crippen LogP contribution in [-0.4, -0.2) is 54.8 Å². The molecule has 1 aliphatic carbocycles. The number of nitrogens with one attached hydrogen (secondary N) is 2. The number of ether oxygens (including phenoxy) is 1. The minimum Gasteiger partial charge on any atom is -0.484 e. The number of carbonyl (C=O) groups is 2. The number of halogens is 6. The van der Waals surface area contributed by atoms with Crippen LogP contribution in [0.1, 0.15) is 39.2 Å².